The second kappa shape index (κ2) is 8.22. The Morgan fingerprint density at radius 3 is 2.53 bits per heavy atom. The van der Waals surface area contributed by atoms with E-state index in [1.54, 1.807) is 0 Å². The number of rotatable bonds is 9. The molecule has 1 rings (SSSR count). The molecule has 1 heterocycles. The van der Waals surface area contributed by atoms with E-state index >= 15 is 0 Å². The lowest BCUT2D eigenvalue weighted by molar-refractivity contribution is 0.215. The Morgan fingerprint density at radius 2 is 2.00 bits per heavy atom. The Hall–Kier alpha value is -0.130. The van der Waals surface area contributed by atoms with Crippen molar-refractivity contribution in [2.24, 2.45) is 0 Å². The van der Waals surface area contributed by atoms with Crippen LogP contribution in [0.4, 0.5) is 0 Å². The molecule has 0 amide bonds. The van der Waals surface area contributed by atoms with Crippen molar-refractivity contribution in [2.75, 3.05) is 31.1 Å². The number of nitrogens with zero attached hydrogens (tertiary/aromatic N) is 1. The molecule has 19 heavy (non-hydrogen) atoms. The van der Waals surface area contributed by atoms with Crippen molar-refractivity contribution in [1.29, 1.82) is 0 Å². The third kappa shape index (κ3) is 6.72. The van der Waals surface area contributed by atoms with Gasteiger partial charge in [-0.15, -0.1) is 0 Å². The molecule has 0 aromatic rings. The van der Waals surface area contributed by atoms with E-state index in [0.29, 0.717) is 17.5 Å². The lowest BCUT2D eigenvalue weighted by Gasteiger charge is -2.27. The first-order chi connectivity index (χ1) is 8.94. The number of sulfone groups is 1. The smallest absolute Gasteiger partial charge is 0.151 e. The minimum atomic E-state index is -2.76. The lowest BCUT2D eigenvalue weighted by Crippen LogP contribution is -2.40. The predicted molar refractivity (Wildman–Crippen MR) is 81.3 cm³/mol. The van der Waals surface area contributed by atoms with Crippen LogP contribution in [0.3, 0.4) is 0 Å². The van der Waals surface area contributed by atoms with E-state index in [2.05, 4.69) is 31.0 Å². The van der Waals surface area contributed by atoms with E-state index in [1.165, 1.54) is 19.3 Å². The first-order valence-corrected chi connectivity index (χ1v) is 9.44. The van der Waals surface area contributed by atoms with Gasteiger partial charge >= 0.3 is 0 Å². The molecule has 1 unspecified atom stereocenters. The molecule has 0 radical (unpaired) electrons. The third-order valence-corrected chi connectivity index (χ3v) is 5.61. The maximum atomic E-state index is 11.4. The van der Waals surface area contributed by atoms with Crippen LogP contribution >= 0.6 is 0 Å². The maximum Gasteiger partial charge on any atom is 0.151 e. The molecule has 0 saturated carbocycles. The highest BCUT2D eigenvalue weighted by Gasteiger charge is 2.27. The Labute approximate surface area is 118 Å². The molecule has 1 atom stereocenters. The van der Waals surface area contributed by atoms with Crippen LogP contribution in [0.5, 0.6) is 0 Å². The normalized spacial score (nSPS) is 22.5. The maximum absolute atomic E-state index is 11.4. The minimum absolute atomic E-state index is 0.176. The SMILES string of the molecule is CCCCCN(CCNC1CCS(=O)(=O)C1)C(C)C. The summed E-state index contributed by atoms with van der Waals surface area (Å²) >= 11 is 0. The van der Waals surface area contributed by atoms with Gasteiger partial charge in [0.05, 0.1) is 11.5 Å². The van der Waals surface area contributed by atoms with Crippen molar-refractivity contribution < 1.29 is 8.42 Å². The Kier molecular flexibility index (Phi) is 7.32. The summed E-state index contributed by atoms with van der Waals surface area (Å²) in [5.74, 6) is 0.680. The van der Waals surface area contributed by atoms with E-state index in [9.17, 15) is 8.42 Å². The van der Waals surface area contributed by atoms with Crippen molar-refractivity contribution in [3.63, 3.8) is 0 Å². The van der Waals surface area contributed by atoms with E-state index in [4.69, 9.17) is 0 Å². The summed E-state index contributed by atoms with van der Waals surface area (Å²) in [4.78, 5) is 2.48. The Morgan fingerprint density at radius 1 is 1.26 bits per heavy atom. The van der Waals surface area contributed by atoms with Gasteiger partial charge in [0, 0.05) is 25.2 Å². The Bertz CT molecular complexity index is 341. The molecular weight excluding hydrogens is 260 g/mol. The third-order valence-electron chi connectivity index (χ3n) is 3.84. The molecule has 4 nitrogen and oxygen atoms in total. The van der Waals surface area contributed by atoms with Crippen molar-refractivity contribution in [2.45, 2.75) is 58.5 Å². The molecule has 0 bridgehead atoms. The van der Waals surface area contributed by atoms with Gasteiger partial charge in [0.1, 0.15) is 0 Å². The summed E-state index contributed by atoms with van der Waals surface area (Å²) in [5, 5.41) is 3.39. The van der Waals surface area contributed by atoms with Crippen LogP contribution in [0, 0.1) is 0 Å². The monoisotopic (exact) mass is 290 g/mol. The largest absolute Gasteiger partial charge is 0.312 e. The number of hydrogen-bond acceptors (Lipinski definition) is 4. The topological polar surface area (TPSA) is 49.4 Å². The molecule has 1 saturated heterocycles. The fourth-order valence-electron chi connectivity index (χ4n) is 2.56. The van der Waals surface area contributed by atoms with Gasteiger partial charge in [0.2, 0.25) is 0 Å². The fourth-order valence-corrected chi connectivity index (χ4v) is 4.27. The summed E-state index contributed by atoms with van der Waals surface area (Å²) in [6, 6.07) is 0.737. The van der Waals surface area contributed by atoms with Gasteiger partial charge in [-0.2, -0.15) is 0 Å². The lowest BCUT2D eigenvalue weighted by atomic mass is 10.2. The molecular formula is C14H30N2O2S. The first kappa shape index (κ1) is 16.9. The van der Waals surface area contributed by atoms with Crippen LogP contribution in [0.2, 0.25) is 0 Å². The average molecular weight is 290 g/mol. The fraction of sp³-hybridized carbons (Fsp3) is 1.00. The molecule has 5 heteroatoms. The molecule has 114 valence electrons. The van der Waals surface area contributed by atoms with Gasteiger partial charge in [-0.05, 0) is 33.2 Å². The zero-order valence-corrected chi connectivity index (χ0v) is 13.5. The van der Waals surface area contributed by atoms with E-state index in [1.807, 2.05) is 0 Å². The molecule has 1 aliphatic heterocycles. The quantitative estimate of drug-likeness (QED) is 0.656. The highest BCUT2D eigenvalue weighted by atomic mass is 32.2. The summed E-state index contributed by atoms with van der Waals surface area (Å²) in [6.07, 6.45) is 4.58. The van der Waals surface area contributed by atoms with Crippen LogP contribution < -0.4 is 5.32 Å². The number of unbranched alkanes of at least 4 members (excludes halogenated alkanes) is 2. The van der Waals surface area contributed by atoms with Crippen LogP contribution in [-0.4, -0.2) is 56.5 Å². The molecule has 0 aliphatic carbocycles. The highest BCUT2D eigenvalue weighted by Crippen LogP contribution is 2.11. The summed E-state index contributed by atoms with van der Waals surface area (Å²) in [5.41, 5.74) is 0. The first-order valence-electron chi connectivity index (χ1n) is 7.62. The summed E-state index contributed by atoms with van der Waals surface area (Å²) in [6.45, 7) is 9.73. The molecule has 1 aliphatic rings. The van der Waals surface area contributed by atoms with Crippen LogP contribution in [0.25, 0.3) is 0 Å². The second-order valence-electron chi connectivity index (χ2n) is 5.89. The van der Waals surface area contributed by atoms with E-state index in [0.717, 1.165) is 26.1 Å². The van der Waals surface area contributed by atoms with Gasteiger partial charge < -0.3 is 5.32 Å². The molecule has 0 spiro atoms. The van der Waals surface area contributed by atoms with Gasteiger partial charge in [0.25, 0.3) is 0 Å². The number of hydrogen-bond donors (Lipinski definition) is 1. The van der Waals surface area contributed by atoms with Crippen molar-refractivity contribution in [3.05, 3.63) is 0 Å². The number of nitrogens with one attached hydrogen (secondary N) is 1. The van der Waals surface area contributed by atoms with Gasteiger partial charge in [-0.25, -0.2) is 8.42 Å². The van der Waals surface area contributed by atoms with Crippen molar-refractivity contribution in [1.82, 2.24) is 10.2 Å². The van der Waals surface area contributed by atoms with Crippen LogP contribution in [0.15, 0.2) is 0 Å². The Balaban J connectivity index is 2.21. The molecule has 1 N–H and O–H groups in total. The van der Waals surface area contributed by atoms with Gasteiger partial charge in [-0.1, -0.05) is 19.8 Å². The summed E-state index contributed by atoms with van der Waals surface area (Å²) in [7, 11) is -2.76. The second-order valence-corrected chi connectivity index (χ2v) is 8.12. The van der Waals surface area contributed by atoms with Gasteiger partial charge in [0.15, 0.2) is 9.84 Å². The predicted octanol–water partition coefficient (Wildman–Crippen LogP) is 1.66. The van der Waals surface area contributed by atoms with Crippen molar-refractivity contribution in [3.8, 4) is 0 Å². The van der Waals surface area contributed by atoms with E-state index < -0.39 is 9.84 Å². The minimum Gasteiger partial charge on any atom is -0.312 e. The summed E-state index contributed by atoms with van der Waals surface area (Å²) < 4.78 is 22.7. The van der Waals surface area contributed by atoms with Crippen LogP contribution in [-0.2, 0) is 9.84 Å². The zero-order valence-electron chi connectivity index (χ0n) is 12.7. The zero-order chi connectivity index (χ0) is 14.3. The molecule has 0 aromatic carbocycles. The molecule has 0 aromatic heterocycles. The van der Waals surface area contributed by atoms with Gasteiger partial charge in [-0.3, -0.25) is 4.90 Å². The standard InChI is InChI=1S/C14H30N2O2S/c1-4-5-6-9-16(13(2)3)10-8-15-14-7-11-19(17,18)12-14/h13-15H,4-12H2,1-3H3. The average Bonchev–Trinajstić information content (AvgIpc) is 2.67. The molecule has 1 fully saturated rings. The highest BCUT2D eigenvalue weighted by molar-refractivity contribution is 7.91. The van der Waals surface area contributed by atoms with Crippen LogP contribution in [0.1, 0.15) is 46.5 Å². The van der Waals surface area contributed by atoms with Crippen molar-refractivity contribution >= 4 is 9.84 Å². The van der Waals surface area contributed by atoms with E-state index in [-0.39, 0.29) is 6.04 Å².